The van der Waals surface area contributed by atoms with Crippen LogP contribution < -0.4 is 5.32 Å². The van der Waals surface area contributed by atoms with Gasteiger partial charge in [-0.2, -0.15) is 0 Å². The Labute approximate surface area is 119 Å². The summed E-state index contributed by atoms with van der Waals surface area (Å²) < 4.78 is 0. The number of amides is 1. The van der Waals surface area contributed by atoms with Gasteiger partial charge in [-0.25, -0.2) is 0 Å². The van der Waals surface area contributed by atoms with Crippen LogP contribution in [0.15, 0.2) is 77.4 Å². The number of benzene rings is 1. The van der Waals surface area contributed by atoms with Crippen LogP contribution in [0, 0.1) is 0 Å². The van der Waals surface area contributed by atoms with Crippen molar-refractivity contribution in [3.8, 4) is 0 Å². The van der Waals surface area contributed by atoms with Crippen LogP contribution in [-0.4, -0.2) is 5.91 Å². The lowest BCUT2D eigenvalue weighted by Gasteiger charge is -2.27. The average molecular weight is 263 g/mol. The molecule has 0 unspecified atom stereocenters. The van der Waals surface area contributed by atoms with E-state index < -0.39 is 5.54 Å². The standard InChI is InChI=1S/C18H17NO/c1-18(2,14-8-4-3-5-9-14)19-17(20)16-12-11-13-7-6-10-15(13)16/h3-12H,1-2H3,(H,19,20). The Kier molecular flexibility index (Phi) is 2.94. The van der Waals surface area contributed by atoms with Gasteiger partial charge in [-0.1, -0.05) is 54.6 Å². The first-order valence-corrected chi connectivity index (χ1v) is 6.77. The van der Waals surface area contributed by atoms with E-state index in [0.29, 0.717) is 0 Å². The second-order valence-corrected chi connectivity index (χ2v) is 5.59. The van der Waals surface area contributed by atoms with E-state index in [2.05, 4.69) is 5.32 Å². The molecule has 3 rings (SSSR count). The molecule has 1 N–H and O–H groups in total. The second-order valence-electron chi connectivity index (χ2n) is 5.59. The molecule has 0 saturated carbocycles. The number of nitrogens with one attached hydrogen (secondary N) is 1. The van der Waals surface area contributed by atoms with Gasteiger partial charge in [-0.15, -0.1) is 0 Å². The zero-order valence-corrected chi connectivity index (χ0v) is 11.7. The van der Waals surface area contributed by atoms with Gasteiger partial charge in [0, 0.05) is 5.57 Å². The van der Waals surface area contributed by atoms with Crippen molar-refractivity contribution in [1.82, 2.24) is 5.32 Å². The number of carbonyl (C=O) groups excluding carboxylic acids is 1. The SMILES string of the molecule is CC(C)(NC(=O)C1=C2C=CC=C2C=C1)c1ccccc1. The van der Waals surface area contributed by atoms with Gasteiger partial charge in [0.1, 0.15) is 0 Å². The topological polar surface area (TPSA) is 29.1 Å². The number of allylic oxidation sites excluding steroid dienone is 6. The van der Waals surface area contributed by atoms with Gasteiger partial charge in [0.05, 0.1) is 5.54 Å². The lowest BCUT2D eigenvalue weighted by molar-refractivity contribution is -0.118. The summed E-state index contributed by atoms with van der Waals surface area (Å²) in [7, 11) is 0. The number of carbonyl (C=O) groups is 1. The Morgan fingerprint density at radius 1 is 1.05 bits per heavy atom. The molecule has 0 heterocycles. The molecular formula is C18H17NO. The molecule has 0 atom stereocenters. The summed E-state index contributed by atoms with van der Waals surface area (Å²) in [5.41, 5.74) is 3.58. The summed E-state index contributed by atoms with van der Waals surface area (Å²) in [6, 6.07) is 10.0. The van der Waals surface area contributed by atoms with E-state index in [1.165, 1.54) is 0 Å². The Hall–Kier alpha value is -2.35. The molecular weight excluding hydrogens is 246 g/mol. The fraction of sp³-hybridized carbons (Fsp3) is 0.167. The maximum absolute atomic E-state index is 12.5. The minimum atomic E-state index is -0.394. The minimum absolute atomic E-state index is 0.0277. The van der Waals surface area contributed by atoms with Gasteiger partial charge < -0.3 is 5.32 Å². The molecule has 20 heavy (non-hydrogen) atoms. The summed E-state index contributed by atoms with van der Waals surface area (Å²) in [6.07, 6.45) is 9.86. The van der Waals surface area contributed by atoms with Gasteiger partial charge in [0.2, 0.25) is 0 Å². The molecule has 2 heteroatoms. The van der Waals surface area contributed by atoms with Gasteiger partial charge >= 0.3 is 0 Å². The Morgan fingerprint density at radius 2 is 1.80 bits per heavy atom. The highest BCUT2D eigenvalue weighted by molar-refractivity contribution is 6.01. The van der Waals surface area contributed by atoms with Crippen LogP contribution in [0.2, 0.25) is 0 Å². The highest BCUT2D eigenvalue weighted by Crippen LogP contribution is 2.30. The van der Waals surface area contributed by atoms with Crippen LogP contribution in [-0.2, 0) is 10.3 Å². The molecule has 0 bridgehead atoms. The molecule has 0 aliphatic heterocycles. The zero-order valence-electron chi connectivity index (χ0n) is 11.7. The fourth-order valence-corrected chi connectivity index (χ4v) is 2.56. The van der Waals surface area contributed by atoms with E-state index in [1.54, 1.807) is 0 Å². The molecule has 0 fully saturated rings. The summed E-state index contributed by atoms with van der Waals surface area (Å²) >= 11 is 0. The largest absolute Gasteiger partial charge is 0.343 e. The molecule has 2 aliphatic rings. The van der Waals surface area contributed by atoms with Crippen LogP contribution in [0.3, 0.4) is 0 Å². The van der Waals surface area contributed by atoms with Crippen LogP contribution >= 0.6 is 0 Å². The van der Waals surface area contributed by atoms with E-state index in [0.717, 1.165) is 22.3 Å². The maximum atomic E-state index is 12.5. The smallest absolute Gasteiger partial charge is 0.252 e. The predicted molar refractivity (Wildman–Crippen MR) is 81.0 cm³/mol. The van der Waals surface area contributed by atoms with E-state index in [-0.39, 0.29) is 5.91 Å². The van der Waals surface area contributed by atoms with Crippen molar-refractivity contribution in [3.05, 3.63) is 83.0 Å². The molecule has 1 aromatic carbocycles. The first-order chi connectivity index (χ1) is 9.58. The van der Waals surface area contributed by atoms with Crippen molar-refractivity contribution in [3.63, 3.8) is 0 Å². The average Bonchev–Trinajstić information content (AvgIpc) is 3.01. The van der Waals surface area contributed by atoms with E-state index in [4.69, 9.17) is 0 Å². The third-order valence-corrected chi connectivity index (χ3v) is 3.74. The number of hydrogen-bond donors (Lipinski definition) is 1. The Morgan fingerprint density at radius 3 is 2.55 bits per heavy atom. The number of fused-ring (bicyclic) bond motifs is 1. The van der Waals surface area contributed by atoms with Gasteiger partial charge in [0.15, 0.2) is 0 Å². The lowest BCUT2D eigenvalue weighted by Crippen LogP contribution is -2.41. The summed E-state index contributed by atoms with van der Waals surface area (Å²) in [4.78, 5) is 12.5. The number of rotatable bonds is 3. The third kappa shape index (κ3) is 2.14. The maximum Gasteiger partial charge on any atom is 0.252 e. The van der Waals surface area contributed by atoms with Crippen LogP contribution in [0.25, 0.3) is 0 Å². The zero-order chi connectivity index (χ0) is 14.2. The normalized spacial score (nSPS) is 16.4. The highest BCUT2D eigenvalue weighted by Gasteiger charge is 2.26. The fourth-order valence-electron chi connectivity index (χ4n) is 2.56. The quantitative estimate of drug-likeness (QED) is 0.889. The van der Waals surface area contributed by atoms with Crippen LogP contribution in [0.4, 0.5) is 0 Å². The molecule has 2 nitrogen and oxygen atoms in total. The monoisotopic (exact) mass is 263 g/mol. The molecule has 0 radical (unpaired) electrons. The molecule has 1 aromatic rings. The molecule has 2 aliphatic carbocycles. The Balaban J connectivity index is 1.84. The van der Waals surface area contributed by atoms with E-state index in [1.807, 2.05) is 74.6 Å². The first-order valence-electron chi connectivity index (χ1n) is 6.77. The van der Waals surface area contributed by atoms with Crippen molar-refractivity contribution in [2.45, 2.75) is 19.4 Å². The molecule has 100 valence electrons. The minimum Gasteiger partial charge on any atom is -0.343 e. The van der Waals surface area contributed by atoms with Gasteiger partial charge in [-0.05, 0) is 36.6 Å². The summed E-state index contributed by atoms with van der Waals surface area (Å²) in [6.45, 7) is 4.04. The summed E-state index contributed by atoms with van der Waals surface area (Å²) in [5, 5.41) is 3.12. The Bertz CT molecular complexity index is 673. The van der Waals surface area contributed by atoms with Crippen molar-refractivity contribution in [1.29, 1.82) is 0 Å². The van der Waals surface area contributed by atoms with Gasteiger partial charge in [0.25, 0.3) is 5.91 Å². The second kappa shape index (κ2) is 4.64. The van der Waals surface area contributed by atoms with E-state index in [9.17, 15) is 4.79 Å². The van der Waals surface area contributed by atoms with Crippen molar-refractivity contribution < 1.29 is 4.79 Å². The van der Waals surface area contributed by atoms with E-state index >= 15 is 0 Å². The molecule has 0 saturated heterocycles. The molecule has 0 aromatic heterocycles. The molecule has 0 spiro atoms. The summed E-state index contributed by atoms with van der Waals surface area (Å²) in [5.74, 6) is -0.0277. The third-order valence-electron chi connectivity index (χ3n) is 3.74. The predicted octanol–water partition coefficient (Wildman–Crippen LogP) is 3.40. The van der Waals surface area contributed by atoms with Crippen LogP contribution in [0.5, 0.6) is 0 Å². The lowest BCUT2D eigenvalue weighted by atomic mass is 9.93. The first kappa shape index (κ1) is 12.7. The van der Waals surface area contributed by atoms with Crippen LogP contribution in [0.1, 0.15) is 19.4 Å². The highest BCUT2D eigenvalue weighted by atomic mass is 16.1. The molecule has 1 amide bonds. The van der Waals surface area contributed by atoms with Gasteiger partial charge in [-0.3, -0.25) is 4.79 Å². The van der Waals surface area contributed by atoms with Crippen molar-refractivity contribution in [2.75, 3.05) is 0 Å². The van der Waals surface area contributed by atoms with Crippen molar-refractivity contribution >= 4 is 5.91 Å². The van der Waals surface area contributed by atoms with Crippen molar-refractivity contribution in [2.24, 2.45) is 0 Å². The number of hydrogen-bond acceptors (Lipinski definition) is 1.